The Morgan fingerprint density at radius 2 is 1.68 bits per heavy atom. The average molecular weight is 260 g/mol. The van der Waals surface area contributed by atoms with Crippen molar-refractivity contribution in [2.75, 3.05) is 31.1 Å². The van der Waals surface area contributed by atoms with Crippen LogP contribution < -0.4 is 4.90 Å². The molecule has 0 bridgehead atoms. The molecule has 0 spiro atoms. The number of carbonyl (C=O) groups excluding carboxylic acids is 1. The largest absolute Gasteiger partial charge is 0.369 e. The molecule has 1 fully saturated rings. The summed E-state index contributed by atoms with van der Waals surface area (Å²) < 4.78 is 0. The average Bonchev–Trinajstić information content (AvgIpc) is 2.46. The van der Waals surface area contributed by atoms with E-state index in [-0.39, 0.29) is 5.78 Å². The van der Waals surface area contributed by atoms with Crippen molar-refractivity contribution in [3.8, 4) is 0 Å². The van der Waals surface area contributed by atoms with E-state index in [0.29, 0.717) is 12.5 Å². The van der Waals surface area contributed by atoms with Gasteiger partial charge in [-0.3, -0.25) is 9.69 Å². The molecule has 0 unspecified atom stereocenters. The van der Waals surface area contributed by atoms with Crippen molar-refractivity contribution in [3.05, 3.63) is 29.8 Å². The van der Waals surface area contributed by atoms with Crippen LogP contribution in [-0.2, 0) is 0 Å². The van der Waals surface area contributed by atoms with Crippen LogP contribution in [0.5, 0.6) is 0 Å². The molecule has 1 saturated heterocycles. The molecular weight excluding hydrogens is 236 g/mol. The Labute approximate surface area is 116 Å². The van der Waals surface area contributed by atoms with Crippen LogP contribution in [0.15, 0.2) is 24.3 Å². The van der Waals surface area contributed by atoms with Crippen molar-refractivity contribution < 1.29 is 4.79 Å². The van der Waals surface area contributed by atoms with Crippen LogP contribution in [0.2, 0.25) is 0 Å². The number of Topliss-reactive ketones (excluding diaryl/α,β-unsaturated/α-hetero) is 1. The predicted molar refractivity (Wildman–Crippen MR) is 80.0 cm³/mol. The van der Waals surface area contributed by atoms with Crippen LogP contribution in [0.25, 0.3) is 0 Å². The fourth-order valence-corrected chi connectivity index (χ4v) is 2.56. The molecule has 0 aliphatic carbocycles. The summed E-state index contributed by atoms with van der Waals surface area (Å²) in [7, 11) is 0. The zero-order chi connectivity index (χ0) is 13.8. The van der Waals surface area contributed by atoms with Crippen LogP contribution in [0.4, 0.5) is 5.69 Å². The molecule has 0 N–H and O–H groups in total. The lowest BCUT2D eigenvalue weighted by atomic mass is 10.1. The third kappa shape index (κ3) is 3.35. The third-order valence-electron chi connectivity index (χ3n) is 3.92. The van der Waals surface area contributed by atoms with E-state index in [1.165, 1.54) is 5.69 Å². The highest BCUT2D eigenvalue weighted by Gasteiger charge is 2.18. The summed E-state index contributed by atoms with van der Waals surface area (Å²) in [4.78, 5) is 16.5. The van der Waals surface area contributed by atoms with E-state index in [1.807, 2.05) is 19.1 Å². The van der Waals surface area contributed by atoms with Crippen molar-refractivity contribution in [2.24, 2.45) is 0 Å². The lowest BCUT2D eigenvalue weighted by Gasteiger charge is -2.38. The van der Waals surface area contributed by atoms with Crippen LogP contribution >= 0.6 is 0 Å². The maximum absolute atomic E-state index is 11.6. The van der Waals surface area contributed by atoms with Gasteiger partial charge >= 0.3 is 0 Å². The Hall–Kier alpha value is -1.35. The maximum atomic E-state index is 11.6. The van der Waals surface area contributed by atoms with Gasteiger partial charge in [-0.1, -0.05) is 6.92 Å². The van der Waals surface area contributed by atoms with Crippen molar-refractivity contribution in [3.63, 3.8) is 0 Å². The number of hydrogen-bond acceptors (Lipinski definition) is 3. The number of carbonyl (C=O) groups is 1. The van der Waals surface area contributed by atoms with Gasteiger partial charge in [0, 0.05) is 49.9 Å². The fraction of sp³-hybridized carbons (Fsp3) is 0.562. The molecule has 1 heterocycles. The second-order valence-electron chi connectivity index (χ2n) is 5.44. The highest BCUT2D eigenvalue weighted by atomic mass is 16.1. The predicted octanol–water partition coefficient (Wildman–Crippen LogP) is 2.81. The topological polar surface area (TPSA) is 23.6 Å². The van der Waals surface area contributed by atoms with Gasteiger partial charge in [0.2, 0.25) is 0 Å². The molecule has 1 aromatic rings. The summed E-state index contributed by atoms with van der Waals surface area (Å²) in [5.41, 5.74) is 2.06. The Balaban J connectivity index is 1.98. The monoisotopic (exact) mass is 260 g/mol. The highest BCUT2D eigenvalue weighted by molar-refractivity contribution is 5.96. The van der Waals surface area contributed by atoms with Gasteiger partial charge in [-0.25, -0.2) is 0 Å². The first kappa shape index (κ1) is 14.1. The van der Waals surface area contributed by atoms with Crippen LogP contribution in [0.3, 0.4) is 0 Å². The number of ketones is 1. The lowest BCUT2D eigenvalue weighted by molar-refractivity contribution is 0.0988. The number of rotatable bonds is 4. The summed E-state index contributed by atoms with van der Waals surface area (Å²) in [6.45, 7) is 10.8. The molecule has 0 aromatic heterocycles. The smallest absolute Gasteiger partial charge is 0.162 e. The van der Waals surface area contributed by atoms with Gasteiger partial charge in [0.15, 0.2) is 5.78 Å². The van der Waals surface area contributed by atoms with Crippen LogP contribution in [0, 0.1) is 0 Å². The minimum absolute atomic E-state index is 0.219. The minimum atomic E-state index is 0.219. The molecule has 0 saturated carbocycles. The first-order chi connectivity index (χ1) is 9.11. The molecular formula is C16H24N2O. The Kier molecular flexibility index (Phi) is 4.59. The Morgan fingerprint density at radius 3 is 2.16 bits per heavy atom. The second kappa shape index (κ2) is 6.20. The zero-order valence-corrected chi connectivity index (χ0v) is 12.2. The van der Waals surface area contributed by atoms with Gasteiger partial charge in [-0.15, -0.1) is 0 Å². The van der Waals surface area contributed by atoms with E-state index in [1.54, 1.807) is 0 Å². The molecule has 19 heavy (non-hydrogen) atoms. The molecule has 1 aliphatic heterocycles. The molecule has 0 atom stereocenters. The van der Waals surface area contributed by atoms with E-state index < -0.39 is 0 Å². The number of piperazine rings is 1. The van der Waals surface area contributed by atoms with Crippen molar-refractivity contribution in [2.45, 2.75) is 33.2 Å². The number of benzene rings is 1. The standard InChI is InChI=1S/C16H24N2O/c1-4-16(19)14-5-7-15(8-6-14)18-11-9-17(10-12-18)13(2)3/h5-8,13H,4,9-12H2,1-3H3. The molecule has 3 nitrogen and oxygen atoms in total. The highest BCUT2D eigenvalue weighted by Crippen LogP contribution is 2.18. The molecule has 2 rings (SSSR count). The van der Waals surface area contributed by atoms with Gasteiger partial charge in [0.05, 0.1) is 0 Å². The summed E-state index contributed by atoms with van der Waals surface area (Å²) in [5.74, 6) is 0.219. The molecule has 1 aromatic carbocycles. The van der Waals surface area contributed by atoms with Crippen LogP contribution in [0.1, 0.15) is 37.6 Å². The quantitative estimate of drug-likeness (QED) is 0.778. The Bertz CT molecular complexity index is 417. The maximum Gasteiger partial charge on any atom is 0.162 e. The van der Waals surface area contributed by atoms with Gasteiger partial charge in [-0.2, -0.15) is 0 Å². The second-order valence-corrected chi connectivity index (χ2v) is 5.44. The molecule has 0 amide bonds. The van der Waals surface area contributed by atoms with E-state index in [4.69, 9.17) is 0 Å². The zero-order valence-electron chi connectivity index (χ0n) is 12.2. The lowest BCUT2D eigenvalue weighted by Crippen LogP contribution is -2.48. The summed E-state index contributed by atoms with van der Waals surface area (Å²) in [5, 5.41) is 0. The van der Waals surface area contributed by atoms with E-state index in [9.17, 15) is 4.79 Å². The van der Waals surface area contributed by atoms with Gasteiger partial charge in [0.1, 0.15) is 0 Å². The first-order valence-corrected chi connectivity index (χ1v) is 7.24. The third-order valence-corrected chi connectivity index (χ3v) is 3.92. The molecule has 1 aliphatic rings. The number of nitrogens with zero attached hydrogens (tertiary/aromatic N) is 2. The molecule has 3 heteroatoms. The normalized spacial score (nSPS) is 16.9. The van der Waals surface area contributed by atoms with Crippen molar-refractivity contribution >= 4 is 11.5 Å². The fourth-order valence-electron chi connectivity index (χ4n) is 2.56. The summed E-state index contributed by atoms with van der Waals surface area (Å²) >= 11 is 0. The summed E-state index contributed by atoms with van der Waals surface area (Å²) in [6, 6.07) is 8.69. The van der Waals surface area contributed by atoms with E-state index in [2.05, 4.69) is 35.8 Å². The van der Waals surface area contributed by atoms with Crippen molar-refractivity contribution in [1.82, 2.24) is 4.90 Å². The molecule has 104 valence electrons. The summed E-state index contributed by atoms with van der Waals surface area (Å²) in [6.07, 6.45) is 0.576. The Morgan fingerprint density at radius 1 is 1.11 bits per heavy atom. The molecule has 0 radical (unpaired) electrons. The first-order valence-electron chi connectivity index (χ1n) is 7.24. The number of hydrogen-bond donors (Lipinski definition) is 0. The van der Waals surface area contributed by atoms with Gasteiger partial charge in [-0.05, 0) is 38.1 Å². The number of anilines is 1. The van der Waals surface area contributed by atoms with E-state index >= 15 is 0 Å². The SMILES string of the molecule is CCC(=O)c1ccc(N2CCN(C(C)C)CC2)cc1. The van der Waals surface area contributed by atoms with E-state index in [0.717, 1.165) is 31.7 Å². The van der Waals surface area contributed by atoms with Crippen molar-refractivity contribution in [1.29, 1.82) is 0 Å². The van der Waals surface area contributed by atoms with Gasteiger partial charge < -0.3 is 4.90 Å². The van der Waals surface area contributed by atoms with Crippen LogP contribution in [-0.4, -0.2) is 42.9 Å². The van der Waals surface area contributed by atoms with Gasteiger partial charge in [0.25, 0.3) is 0 Å². The minimum Gasteiger partial charge on any atom is -0.369 e.